The van der Waals surface area contributed by atoms with Crippen molar-refractivity contribution in [1.29, 1.82) is 0 Å². The van der Waals surface area contributed by atoms with Crippen LogP contribution < -0.4 is 15.4 Å². The lowest BCUT2D eigenvalue weighted by Crippen LogP contribution is -2.22. The normalized spacial score (nSPS) is 10.4. The van der Waals surface area contributed by atoms with Crippen LogP contribution in [-0.4, -0.2) is 12.5 Å². The second-order valence-electron chi connectivity index (χ2n) is 5.98. The van der Waals surface area contributed by atoms with E-state index in [1.54, 1.807) is 30.3 Å². The largest absolute Gasteiger partial charge is 0.455 e. The van der Waals surface area contributed by atoms with Crippen molar-refractivity contribution in [2.75, 3.05) is 11.9 Å². The zero-order chi connectivity index (χ0) is 18.9. The van der Waals surface area contributed by atoms with Crippen LogP contribution in [0.3, 0.4) is 0 Å². The Hall–Kier alpha value is -3.18. The van der Waals surface area contributed by atoms with Gasteiger partial charge in [0.25, 0.3) is 0 Å². The van der Waals surface area contributed by atoms with Gasteiger partial charge in [-0.05, 0) is 30.3 Å². The van der Waals surface area contributed by atoms with Crippen molar-refractivity contribution in [1.82, 2.24) is 5.32 Å². The van der Waals surface area contributed by atoms with Gasteiger partial charge in [0, 0.05) is 25.1 Å². The highest BCUT2D eigenvalue weighted by atomic mass is 19.1. The fourth-order valence-corrected chi connectivity index (χ4v) is 2.55. The summed E-state index contributed by atoms with van der Waals surface area (Å²) in [4.78, 5) is 12.2. The topological polar surface area (TPSA) is 50.4 Å². The summed E-state index contributed by atoms with van der Waals surface area (Å²) in [6, 6.07) is 23.3. The van der Waals surface area contributed by atoms with E-state index in [2.05, 4.69) is 10.6 Å². The summed E-state index contributed by atoms with van der Waals surface area (Å²) < 4.78 is 19.4. The number of ether oxygens (including phenoxy) is 1. The third kappa shape index (κ3) is 5.66. The van der Waals surface area contributed by atoms with Gasteiger partial charge in [-0.1, -0.05) is 48.5 Å². The minimum absolute atomic E-state index is 0.139. The van der Waals surface area contributed by atoms with E-state index in [9.17, 15) is 9.18 Å². The first-order chi connectivity index (χ1) is 13.2. The van der Waals surface area contributed by atoms with Crippen LogP contribution in [-0.2, 0) is 11.3 Å². The minimum atomic E-state index is -0.249. The van der Waals surface area contributed by atoms with Crippen molar-refractivity contribution in [2.24, 2.45) is 0 Å². The van der Waals surface area contributed by atoms with Gasteiger partial charge >= 0.3 is 0 Å². The zero-order valence-electron chi connectivity index (χ0n) is 14.8. The van der Waals surface area contributed by atoms with E-state index in [-0.39, 0.29) is 18.1 Å². The molecule has 0 aromatic heterocycles. The standard InChI is InChI=1S/C22H21FN2O2/c23-19-11-5-4-8-17(19)16-24-15-14-22(26)25-20-12-6-7-13-21(20)27-18-9-2-1-3-10-18/h1-13,24H,14-16H2,(H,25,26). The second-order valence-corrected chi connectivity index (χ2v) is 5.98. The Morgan fingerprint density at radius 2 is 1.59 bits per heavy atom. The molecule has 1 amide bonds. The van der Waals surface area contributed by atoms with Gasteiger partial charge in [-0.2, -0.15) is 0 Å². The summed E-state index contributed by atoms with van der Waals surface area (Å²) in [5, 5.41) is 5.94. The third-order valence-electron chi connectivity index (χ3n) is 3.93. The maximum atomic E-state index is 13.6. The molecule has 0 fully saturated rings. The van der Waals surface area contributed by atoms with Crippen LogP contribution in [0, 0.1) is 5.82 Å². The van der Waals surface area contributed by atoms with E-state index in [1.807, 2.05) is 42.5 Å². The van der Waals surface area contributed by atoms with Gasteiger partial charge in [0.1, 0.15) is 11.6 Å². The molecule has 0 aliphatic rings. The molecular weight excluding hydrogens is 343 g/mol. The van der Waals surface area contributed by atoms with Gasteiger partial charge in [-0.15, -0.1) is 0 Å². The van der Waals surface area contributed by atoms with Crippen molar-refractivity contribution in [3.05, 3.63) is 90.2 Å². The number of anilines is 1. The molecule has 0 bridgehead atoms. The first-order valence-corrected chi connectivity index (χ1v) is 8.78. The number of nitrogens with one attached hydrogen (secondary N) is 2. The Morgan fingerprint density at radius 1 is 0.889 bits per heavy atom. The number of hydrogen-bond donors (Lipinski definition) is 2. The van der Waals surface area contributed by atoms with Crippen LogP contribution in [0.4, 0.5) is 10.1 Å². The van der Waals surface area contributed by atoms with Gasteiger partial charge < -0.3 is 15.4 Å². The monoisotopic (exact) mass is 364 g/mol. The molecule has 3 rings (SSSR count). The van der Waals surface area contributed by atoms with Crippen molar-refractivity contribution >= 4 is 11.6 Å². The Bertz CT molecular complexity index is 884. The molecule has 0 radical (unpaired) electrons. The van der Waals surface area contributed by atoms with E-state index in [0.717, 1.165) is 0 Å². The summed E-state index contributed by atoms with van der Waals surface area (Å²) in [6.45, 7) is 0.829. The van der Waals surface area contributed by atoms with Crippen LogP contribution in [0.25, 0.3) is 0 Å². The molecule has 0 aliphatic carbocycles. The molecule has 2 N–H and O–H groups in total. The molecular formula is C22H21FN2O2. The third-order valence-corrected chi connectivity index (χ3v) is 3.93. The lowest BCUT2D eigenvalue weighted by Gasteiger charge is -2.12. The van der Waals surface area contributed by atoms with Crippen molar-refractivity contribution in [3.63, 3.8) is 0 Å². The molecule has 0 aliphatic heterocycles. The quantitative estimate of drug-likeness (QED) is 0.568. The molecule has 138 valence electrons. The number of carbonyl (C=O) groups excluding carboxylic acids is 1. The lowest BCUT2D eigenvalue weighted by molar-refractivity contribution is -0.116. The number of benzene rings is 3. The highest BCUT2D eigenvalue weighted by Crippen LogP contribution is 2.29. The smallest absolute Gasteiger partial charge is 0.225 e. The molecule has 0 unspecified atom stereocenters. The number of para-hydroxylation sites is 3. The Balaban J connectivity index is 1.50. The number of rotatable bonds is 8. The summed E-state index contributed by atoms with van der Waals surface area (Å²) in [5.74, 6) is 0.892. The molecule has 5 heteroatoms. The summed E-state index contributed by atoms with van der Waals surface area (Å²) >= 11 is 0. The first-order valence-electron chi connectivity index (χ1n) is 8.78. The SMILES string of the molecule is O=C(CCNCc1ccccc1F)Nc1ccccc1Oc1ccccc1. The molecule has 3 aromatic carbocycles. The Kier molecular flexibility index (Phi) is 6.55. The average molecular weight is 364 g/mol. The molecule has 27 heavy (non-hydrogen) atoms. The minimum Gasteiger partial charge on any atom is -0.455 e. The summed E-state index contributed by atoms with van der Waals surface area (Å²) in [6.07, 6.45) is 0.272. The molecule has 0 saturated heterocycles. The highest BCUT2D eigenvalue weighted by molar-refractivity contribution is 5.92. The van der Waals surface area contributed by atoms with Gasteiger partial charge in [-0.3, -0.25) is 4.79 Å². The number of hydrogen-bond acceptors (Lipinski definition) is 3. The molecule has 0 heterocycles. The fourth-order valence-electron chi connectivity index (χ4n) is 2.55. The first kappa shape index (κ1) is 18.6. The molecule has 4 nitrogen and oxygen atoms in total. The predicted octanol–water partition coefficient (Wildman–Crippen LogP) is 4.74. The van der Waals surface area contributed by atoms with Crippen LogP contribution in [0.5, 0.6) is 11.5 Å². The van der Waals surface area contributed by atoms with Crippen molar-refractivity contribution < 1.29 is 13.9 Å². The van der Waals surface area contributed by atoms with Gasteiger partial charge in [-0.25, -0.2) is 4.39 Å². The Labute approximate surface area is 158 Å². The number of carbonyl (C=O) groups is 1. The van der Waals surface area contributed by atoms with Crippen LogP contribution in [0.2, 0.25) is 0 Å². The highest BCUT2D eigenvalue weighted by Gasteiger charge is 2.08. The predicted molar refractivity (Wildman–Crippen MR) is 104 cm³/mol. The number of halogens is 1. The lowest BCUT2D eigenvalue weighted by atomic mass is 10.2. The van der Waals surface area contributed by atoms with E-state index in [1.165, 1.54) is 6.07 Å². The zero-order valence-corrected chi connectivity index (χ0v) is 14.8. The van der Waals surface area contributed by atoms with Crippen LogP contribution >= 0.6 is 0 Å². The second kappa shape index (κ2) is 9.50. The summed E-state index contributed by atoms with van der Waals surface area (Å²) in [7, 11) is 0. The van der Waals surface area contributed by atoms with E-state index in [0.29, 0.717) is 35.8 Å². The Morgan fingerprint density at radius 3 is 2.41 bits per heavy atom. The molecule has 0 saturated carbocycles. The van der Waals surface area contributed by atoms with Crippen LogP contribution in [0.15, 0.2) is 78.9 Å². The van der Waals surface area contributed by atoms with E-state index >= 15 is 0 Å². The fraction of sp³-hybridized carbons (Fsp3) is 0.136. The average Bonchev–Trinajstić information content (AvgIpc) is 2.69. The molecule has 0 atom stereocenters. The van der Waals surface area contributed by atoms with Crippen molar-refractivity contribution in [3.8, 4) is 11.5 Å². The van der Waals surface area contributed by atoms with E-state index < -0.39 is 0 Å². The van der Waals surface area contributed by atoms with Gasteiger partial charge in [0.05, 0.1) is 5.69 Å². The van der Waals surface area contributed by atoms with E-state index in [4.69, 9.17) is 4.74 Å². The van der Waals surface area contributed by atoms with Gasteiger partial charge in [0.2, 0.25) is 5.91 Å². The molecule has 3 aromatic rings. The molecule has 0 spiro atoms. The summed E-state index contributed by atoms with van der Waals surface area (Å²) in [5.41, 5.74) is 1.19. The maximum absolute atomic E-state index is 13.6. The van der Waals surface area contributed by atoms with Gasteiger partial charge in [0.15, 0.2) is 5.75 Å². The van der Waals surface area contributed by atoms with Crippen molar-refractivity contribution in [2.45, 2.75) is 13.0 Å². The number of amides is 1. The maximum Gasteiger partial charge on any atom is 0.225 e. The van der Waals surface area contributed by atoms with Crippen LogP contribution in [0.1, 0.15) is 12.0 Å².